The lowest BCUT2D eigenvalue weighted by molar-refractivity contribution is 0.0525. The maximum atomic E-state index is 12.3. The quantitative estimate of drug-likeness (QED) is 0.775. The number of benzene rings is 1. The maximum absolute atomic E-state index is 12.3. The second-order valence-corrected chi connectivity index (χ2v) is 4.64. The van der Waals surface area contributed by atoms with Crippen LogP contribution in [0.25, 0.3) is 0 Å². The summed E-state index contributed by atoms with van der Waals surface area (Å²) in [6.07, 6.45) is 3.25. The van der Waals surface area contributed by atoms with Gasteiger partial charge < -0.3 is 5.11 Å². The predicted octanol–water partition coefficient (Wildman–Crippen LogP) is 2.73. The first kappa shape index (κ1) is 11.3. The van der Waals surface area contributed by atoms with E-state index in [0.717, 1.165) is 36.8 Å². The van der Waals surface area contributed by atoms with Gasteiger partial charge in [0.1, 0.15) is 0 Å². The van der Waals surface area contributed by atoms with Crippen molar-refractivity contribution in [1.82, 2.24) is 0 Å². The second-order valence-electron chi connectivity index (χ2n) is 4.64. The lowest BCUT2D eigenvalue weighted by Gasteiger charge is -2.26. The van der Waals surface area contributed by atoms with Crippen molar-refractivity contribution in [3.05, 3.63) is 35.4 Å². The summed E-state index contributed by atoms with van der Waals surface area (Å²) in [7, 11) is 0. The van der Waals surface area contributed by atoms with Crippen LogP contribution in [0.1, 0.15) is 41.6 Å². The van der Waals surface area contributed by atoms with Gasteiger partial charge in [-0.15, -0.1) is 0 Å². The molecule has 0 aliphatic heterocycles. The lowest BCUT2D eigenvalue weighted by Crippen LogP contribution is -2.31. The van der Waals surface area contributed by atoms with Gasteiger partial charge >= 0.3 is 0 Å². The van der Waals surface area contributed by atoms with Crippen LogP contribution in [0, 0.1) is 12.8 Å². The molecule has 0 amide bonds. The second kappa shape index (κ2) is 4.79. The molecule has 2 heteroatoms. The van der Waals surface area contributed by atoms with Crippen LogP contribution < -0.4 is 0 Å². The van der Waals surface area contributed by atoms with E-state index < -0.39 is 6.10 Å². The number of Topliss-reactive ketones (excluding diaryl/α,β-unsaturated/α-hetero) is 1. The van der Waals surface area contributed by atoms with Crippen LogP contribution >= 0.6 is 0 Å². The Morgan fingerprint density at radius 2 is 1.94 bits per heavy atom. The van der Waals surface area contributed by atoms with Crippen LogP contribution in [-0.2, 0) is 0 Å². The number of carbonyl (C=O) groups excluding carboxylic acids is 1. The van der Waals surface area contributed by atoms with Gasteiger partial charge in [0.2, 0.25) is 0 Å². The summed E-state index contributed by atoms with van der Waals surface area (Å²) in [6, 6.07) is 7.63. The largest absolute Gasteiger partial charge is 0.392 e. The number of hydrogen-bond acceptors (Lipinski definition) is 2. The highest BCUT2D eigenvalue weighted by atomic mass is 16.3. The minimum absolute atomic E-state index is 0.116. The fourth-order valence-electron chi connectivity index (χ4n) is 2.47. The molecule has 1 fully saturated rings. The molecule has 2 rings (SSSR count). The van der Waals surface area contributed by atoms with Gasteiger partial charge in [0.25, 0.3) is 0 Å². The van der Waals surface area contributed by atoms with Crippen LogP contribution in [0.5, 0.6) is 0 Å². The van der Waals surface area contributed by atoms with Crippen molar-refractivity contribution in [2.75, 3.05) is 0 Å². The maximum Gasteiger partial charge on any atom is 0.168 e. The summed E-state index contributed by atoms with van der Waals surface area (Å²) in [4.78, 5) is 12.3. The smallest absolute Gasteiger partial charge is 0.168 e. The van der Waals surface area contributed by atoms with E-state index in [2.05, 4.69) is 0 Å². The molecular formula is C14H18O2. The van der Waals surface area contributed by atoms with Crippen LogP contribution in [0.3, 0.4) is 0 Å². The Hall–Kier alpha value is -1.15. The normalized spacial score (nSPS) is 25.4. The highest BCUT2D eigenvalue weighted by molar-refractivity contribution is 5.99. The van der Waals surface area contributed by atoms with Gasteiger partial charge in [-0.2, -0.15) is 0 Å². The molecule has 2 atom stereocenters. The lowest BCUT2D eigenvalue weighted by atomic mass is 9.81. The molecule has 16 heavy (non-hydrogen) atoms. The Morgan fingerprint density at radius 1 is 1.25 bits per heavy atom. The van der Waals surface area contributed by atoms with E-state index in [0.29, 0.717) is 0 Å². The zero-order valence-electron chi connectivity index (χ0n) is 9.65. The molecule has 0 radical (unpaired) electrons. The Morgan fingerprint density at radius 3 is 2.62 bits per heavy atom. The molecule has 0 aromatic heterocycles. The Labute approximate surface area is 96.3 Å². The molecule has 1 aromatic rings. The molecule has 2 unspecified atom stereocenters. The van der Waals surface area contributed by atoms with E-state index in [1.165, 1.54) is 0 Å². The third kappa shape index (κ3) is 2.17. The van der Waals surface area contributed by atoms with Crippen LogP contribution in [0.2, 0.25) is 0 Å². The number of hydrogen-bond donors (Lipinski definition) is 1. The monoisotopic (exact) mass is 218 g/mol. The summed E-state index contributed by atoms with van der Waals surface area (Å²) in [5.74, 6) is -0.0693. The zero-order valence-corrected chi connectivity index (χ0v) is 9.65. The van der Waals surface area contributed by atoms with Gasteiger partial charge in [-0.25, -0.2) is 0 Å². The Bertz CT molecular complexity index is 384. The predicted molar refractivity (Wildman–Crippen MR) is 63.5 cm³/mol. The molecule has 2 nitrogen and oxygen atoms in total. The molecule has 1 N–H and O–H groups in total. The first-order valence-corrected chi connectivity index (χ1v) is 5.98. The zero-order chi connectivity index (χ0) is 11.5. The minimum atomic E-state index is -0.444. The van der Waals surface area contributed by atoms with Gasteiger partial charge in [-0.05, 0) is 25.3 Å². The van der Waals surface area contributed by atoms with Crippen molar-refractivity contribution < 1.29 is 9.90 Å². The standard InChI is InChI=1S/C14H18O2/c1-10-6-2-3-7-11(10)14(16)12-8-4-5-9-13(12)15/h2-3,6-7,12-13,15H,4-5,8-9H2,1H3. The third-order valence-corrected chi connectivity index (χ3v) is 3.48. The van der Waals surface area contributed by atoms with E-state index in [4.69, 9.17) is 0 Å². The average Bonchev–Trinajstić information content (AvgIpc) is 2.29. The molecule has 1 saturated carbocycles. The average molecular weight is 218 g/mol. The highest BCUT2D eigenvalue weighted by Gasteiger charge is 2.30. The van der Waals surface area contributed by atoms with Crippen molar-refractivity contribution in [2.24, 2.45) is 5.92 Å². The van der Waals surface area contributed by atoms with Gasteiger partial charge in [0.05, 0.1) is 6.10 Å². The molecule has 0 heterocycles. The summed E-state index contributed by atoms with van der Waals surface area (Å²) in [6.45, 7) is 1.95. The minimum Gasteiger partial charge on any atom is -0.392 e. The highest BCUT2D eigenvalue weighted by Crippen LogP contribution is 2.28. The summed E-state index contributed by atoms with van der Waals surface area (Å²) < 4.78 is 0. The van der Waals surface area contributed by atoms with Crippen molar-refractivity contribution in [1.29, 1.82) is 0 Å². The molecule has 1 aliphatic rings. The molecule has 0 spiro atoms. The van der Waals surface area contributed by atoms with Gasteiger partial charge in [-0.1, -0.05) is 37.1 Å². The number of carbonyl (C=O) groups is 1. The molecule has 86 valence electrons. The number of aliphatic hydroxyl groups is 1. The van der Waals surface area contributed by atoms with Gasteiger partial charge in [0.15, 0.2) is 5.78 Å². The van der Waals surface area contributed by atoms with Gasteiger partial charge in [0, 0.05) is 11.5 Å². The third-order valence-electron chi connectivity index (χ3n) is 3.48. The Kier molecular flexibility index (Phi) is 3.39. The van der Waals surface area contributed by atoms with E-state index in [1.807, 2.05) is 31.2 Å². The van der Waals surface area contributed by atoms with E-state index >= 15 is 0 Å². The van der Waals surface area contributed by atoms with Crippen LogP contribution in [0.15, 0.2) is 24.3 Å². The van der Waals surface area contributed by atoms with Crippen LogP contribution in [0.4, 0.5) is 0 Å². The fraction of sp³-hybridized carbons (Fsp3) is 0.500. The van der Waals surface area contributed by atoms with Gasteiger partial charge in [-0.3, -0.25) is 4.79 Å². The number of rotatable bonds is 2. The topological polar surface area (TPSA) is 37.3 Å². The first-order chi connectivity index (χ1) is 7.70. The number of aliphatic hydroxyl groups excluding tert-OH is 1. The van der Waals surface area contributed by atoms with Crippen molar-refractivity contribution in [3.63, 3.8) is 0 Å². The van der Waals surface area contributed by atoms with E-state index in [1.54, 1.807) is 0 Å². The van der Waals surface area contributed by atoms with Crippen molar-refractivity contribution in [2.45, 2.75) is 38.7 Å². The summed E-state index contributed by atoms with van der Waals surface area (Å²) >= 11 is 0. The van der Waals surface area contributed by atoms with Crippen molar-refractivity contribution >= 4 is 5.78 Å². The van der Waals surface area contributed by atoms with Crippen molar-refractivity contribution in [3.8, 4) is 0 Å². The fourth-order valence-corrected chi connectivity index (χ4v) is 2.47. The SMILES string of the molecule is Cc1ccccc1C(=O)C1CCCCC1O. The van der Waals surface area contributed by atoms with E-state index in [9.17, 15) is 9.90 Å². The summed E-state index contributed by atoms with van der Waals surface area (Å²) in [5, 5.41) is 9.87. The molecule has 0 bridgehead atoms. The molecule has 1 aromatic carbocycles. The Balaban J connectivity index is 2.21. The molecule has 1 aliphatic carbocycles. The summed E-state index contributed by atoms with van der Waals surface area (Å²) in [5.41, 5.74) is 1.78. The van der Waals surface area contributed by atoms with E-state index in [-0.39, 0.29) is 11.7 Å². The number of ketones is 1. The first-order valence-electron chi connectivity index (χ1n) is 5.98. The van der Waals surface area contributed by atoms with Crippen LogP contribution in [-0.4, -0.2) is 17.0 Å². The molecular weight excluding hydrogens is 200 g/mol. The molecule has 0 saturated heterocycles. The number of aryl methyl sites for hydroxylation is 1.